The van der Waals surface area contributed by atoms with Crippen LogP contribution in [0.4, 0.5) is 5.69 Å². The van der Waals surface area contributed by atoms with E-state index >= 15 is 0 Å². The van der Waals surface area contributed by atoms with Gasteiger partial charge in [0, 0.05) is 25.1 Å². The molecule has 0 radical (unpaired) electrons. The lowest BCUT2D eigenvalue weighted by Crippen LogP contribution is -2.24. The van der Waals surface area contributed by atoms with Crippen LogP contribution < -0.4 is 5.32 Å². The molecule has 1 aliphatic rings. The van der Waals surface area contributed by atoms with Crippen molar-refractivity contribution in [2.75, 3.05) is 18.9 Å². The fourth-order valence-corrected chi connectivity index (χ4v) is 2.97. The van der Waals surface area contributed by atoms with E-state index in [1.165, 1.54) is 17.5 Å². The lowest BCUT2D eigenvalue weighted by molar-refractivity contribution is -0.116. The molecule has 24 heavy (non-hydrogen) atoms. The number of aryl methyl sites for hydroxylation is 3. The Hall–Kier alpha value is -2.21. The Kier molecular flexibility index (Phi) is 5.25. The predicted octanol–water partition coefficient (Wildman–Crippen LogP) is 2.58. The molecule has 2 aromatic rings. The number of benzene rings is 1. The summed E-state index contributed by atoms with van der Waals surface area (Å²) < 4.78 is 5.48. The zero-order chi connectivity index (χ0) is 16.9. The summed E-state index contributed by atoms with van der Waals surface area (Å²) in [6.45, 7) is 3.17. The minimum absolute atomic E-state index is 0.0274. The Labute approximate surface area is 142 Å². The summed E-state index contributed by atoms with van der Waals surface area (Å²) in [5, 5.41) is 10.9. The first-order valence-corrected chi connectivity index (χ1v) is 8.55. The van der Waals surface area contributed by atoms with Crippen molar-refractivity contribution in [1.82, 2.24) is 15.1 Å². The Balaban J connectivity index is 1.45. The molecule has 1 aliphatic carbocycles. The van der Waals surface area contributed by atoms with Crippen LogP contribution in [0.5, 0.6) is 0 Å². The van der Waals surface area contributed by atoms with Crippen LogP contribution in [0.15, 0.2) is 22.6 Å². The topological polar surface area (TPSA) is 71.3 Å². The smallest absolute Gasteiger partial charge is 0.230 e. The van der Waals surface area contributed by atoms with E-state index in [9.17, 15) is 4.79 Å². The van der Waals surface area contributed by atoms with Crippen molar-refractivity contribution in [3.05, 3.63) is 41.1 Å². The standard InChI is InChI=1S/C18H24N4O2/c1-3-17-20-21-18(24-17)12-22(2)10-9-16(23)19-15-8-7-13-5-4-6-14(13)11-15/h7-8,11H,3-6,9-10,12H2,1-2H3,(H,19,23). The molecule has 1 heterocycles. The second-order valence-corrected chi connectivity index (χ2v) is 6.32. The summed E-state index contributed by atoms with van der Waals surface area (Å²) in [7, 11) is 1.94. The molecule has 0 bridgehead atoms. The molecule has 128 valence electrons. The summed E-state index contributed by atoms with van der Waals surface area (Å²) >= 11 is 0. The van der Waals surface area contributed by atoms with Crippen LogP contribution in [0.2, 0.25) is 0 Å². The van der Waals surface area contributed by atoms with Crippen molar-refractivity contribution < 1.29 is 9.21 Å². The summed E-state index contributed by atoms with van der Waals surface area (Å²) in [5.41, 5.74) is 3.68. The first kappa shape index (κ1) is 16.6. The van der Waals surface area contributed by atoms with E-state index in [1.807, 2.05) is 24.9 Å². The molecule has 0 fully saturated rings. The first-order chi connectivity index (χ1) is 11.6. The van der Waals surface area contributed by atoms with Crippen LogP contribution in [0.25, 0.3) is 0 Å². The highest BCUT2D eigenvalue weighted by Crippen LogP contribution is 2.24. The normalized spacial score (nSPS) is 13.3. The van der Waals surface area contributed by atoms with Crippen molar-refractivity contribution in [1.29, 1.82) is 0 Å². The molecule has 6 heteroatoms. The predicted molar refractivity (Wildman–Crippen MR) is 91.7 cm³/mol. The van der Waals surface area contributed by atoms with Crippen molar-refractivity contribution >= 4 is 11.6 Å². The fraction of sp³-hybridized carbons (Fsp3) is 0.500. The van der Waals surface area contributed by atoms with E-state index in [1.54, 1.807) is 0 Å². The van der Waals surface area contributed by atoms with E-state index in [-0.39, 0.29) is 5.91 Å². The molecule has 0 spiro atoms. The molecular formula is C18H24N4O2. The van der Waals surface area contributed by atoms with Crippen LogP contribution in [-0.4, -0.2) is 34.6 Å². The largest absolute Gasteiger partial charge is 0.424 e. The van der Waals surface area contributed by atoms with E-state index in [2.05, 4.69) is 27.6 Å². The highest BCUT2D eigenvalue weighted by Gasteiger charge is 2.13. The maximum atomic E-state index is 12.1. The van der Waals surface area contributed by atoms with E-state index in [0.29, 0.717) is 31.3 Å². The maximum Gasteiger partial charge on any atom is 0.230 e. The van der Waals surface area contributed by atoms with Crippen molar-refractivity contribution in [2.24, 2.45) is 0 Å². The molecule has 1 N–H and O–H groups in total. The number of amides is 1. The number of fused-ring (bicyclic) bond motifs is 1. The maximum absolute atomic E-state index is 12.1. The number of aromatic nitrogens is 2. The van der Waals surface area contributed by atoms with Crippen LogP contribution in [-0.2, 0) is 30.6 Å². The van der Waals surface area contributed by atoms with Gasteiger partial charge in [-0.1, -0.05) is 13.0 Å². The van der Waals surface area contributed by atoms with E-state index in [0.717, 1.165) is 24.9 Å². The van der Waals surface area contributed by atoms with Gasteiger partial charge in [0.05, 0.1) is 6.54 Å². The third-order valence-electron chi connectivity index (χ3n) is 4.32. The number of rotatable bonds is 7. The van der Waals surface area contributed by atoms with Crippen molar-refractivity contribution in [3.63, 3.8) is 0 Å². The zero-order valence-electron chi connectivity index (χ0n) is 14.3. The fourth-order valence-electron chi connectivity index (χ4n) is 2.97. The average Bonchev–Trinajstić information content (AvgIpc) is 3.21. The summed E-state index contributed by atoms with van der Waals surface area (Å²) in [6.07, 6.45) is 4.66. The highest BCUT2D eigenvalue weighted by molar-refractivity contribution is 5.91. The third kappa shape index (κ3) is 4.20. The van der Waals surface area contributed by atoms with E-state index < -0.39 is 0 Å². The number of nitrogens with zero attached hydrogens (tertiary/aromatic N) is 3. The Morgan fingerprint density at radius 2 is 2.04 bits per heavy atom. The lowest BCUT2D eigenvalue weighted by atomic mass is 10.1. The van der Waals surface area contributed by atoms with Gasteiger partial charge in [-0.15, -0.1) is 10.2 Å². The molecule has 0 aliphatic heterocycles. The number of carbonyl (C=O) groups is 1. The van der Waals surface area contributed by atoms with Gasteiger partial charge >= 0.3 is 0 Å². The van der Waals surface area contributed by atoms with Gasteiger partial charge in [0.25, 0.3) is 0 Å². The quantitative estimate of drug-likeness (QED) is 0.846. The molecule has 0 unspecified atom stereocenters. The molecule has 1 aromatic carbocycles. The van der Waals surface area contributed by atoms with Crippen LogP contribution >= 0.6 is 0 Å². The molecule has 1 amide bonds. The van der Waals surface area contributed by atoms with Crippen LogP contribution in [0.1, 0.15) is 42.7 Å². The number of nitrogens with one attached hydrogen (secondary N) is 1. The van der Waals surface area contributed by atoms with Gasteiger partial charge in [-0.25, -0.2) is 0 Å². The zero-order valence-corrected chi connectivity index (χ0v) is 14.3. The van der Waals surface area contributed by atoms with Gasteiger partial charge in [-0.3, -0.25) is 9.69 Å². The molecule has 3 rings (SSSR count). The monoisotopic (exact) mass is 328 g/mol. The van der Waals surface area contributed by atoms with Gasteiger partial charge in [0.2, 0.25) is 17.7 Å². The van der Waals surface area contributed by atoms with Gasteiger partial charge in [0.1, 0.15) is 0 Å². The van der Waals surface area contributed by atoms with Gasteiger partial charge in [-0.2, -0.15) is 0 Å². The minimum atomic E-state index is 0.0274. The summed E-state index contributed by atoms with van der Waals surface area (Å²) in [5.74, 6) is 1.26. The number of carbonyl (C=O) groups excluding carboxylic acids is 1. The van der Waals surface area contributed by atoms with Gasteiger partial charge in [0.15, 0.2) is 0 Å². The number of anilines is 1. The van der Waals surface area contributed by atoms with Crippen LogP contribution in [0, 0.1) is 0 Å². The van der Waals surface area contributed by atoms with Crippen LogP contribution in [0.3, 0.4) is 0 Å². The molecule has 1 aromatic heterocycles. The summed E-state index contributed by atoms with van der Waals surface area (Å²) in [6, 6.07) is 6.23. The lowest BCUT2D eigenvalue weighted by Gasteiger charge is -2.14. The summed E-state index contributed by atoms with van der Waals surface area (Å²) in [4.78, 5) is 14.1. The molecular weight excluding hydrogens is 304 g/mol. The molecule has 0 atom stereocenters. The van der Waals surface area contributed by atoms with Crippen molar-refractivity contribution in [2.45, 2.75) is 45.6 Å². The Morgan fingerprint density at radius 1 is 1.25 bits per heavy atom. The van der Waals surface area contributed by atoms with Crippen molar-refractivity contribution in [3.8, 4) is 0 Å². The van der Waals surface area contributed by atoms with Gasteiger partial charge in [-0.05, 0) is 49.6 Å². The average molecular weight is 328 g/mol. The molecule has 6 nitrogen and oxygen atoms in total. The second kappa shape index (κ2) is 7.57. The SMILES string of the molecule is CCc1nnc(CN(C)CCC(=O)Nc2ccc3c(c2)CCC3)o1. The first-order valence-electron chi connectivity index (χ1n) is 8.55. The molecule has 0 saturated carbocycles. The number of hydrogen-bond donors (Lipinski definition) is 1. The molecule has 0 saturated heterocycles. The Bertz CT molecular complexity index is 711. The second-order valence-electron chi connectivity index (χ2n) is 6.32. The number of hydrogen-bond acceptors (Lipinski definition) is 5. The third-order valence-corrected chi connectivity index (χ3v) is 4.32. The van der Waals surface area contributed by atoms with E-state index in [4.69, 9.17) is 4.42 Å². The highest BCUT2D eigenvalue weighted by atomic mass is 16.4. The van der Waals surface area contributed by atoms with Gasteiger partial charge < -0.3 is 9.73 Å². The minimum Gasteiger partial charge on any atom is -0.424 e. The Morgan fingerprint density at radius 3 is 2.83 bits per heavy atom.